The lowest BCUT2D eigenvalue weighted by Crippen LogP contribution is -2.65. The molecular weight excluding hydrogens is 498 g/mol. The summed E-state index contributed by atoms with van der Waals surface area (Å²) in [5.74, 6) is -4.27. The molecule has 12 heteroatoms. The maximum Gasteiger partial charge on any atom is 0.253 e. The van der Waals surface area contributed by atoms with Gasteiger partial charge in [0.1, 0.15) is 5.60 Å². The van der Waals surface area contributed by atoms with Gasteiger partial charge in [0, 0.05) is 38.1 Å². The second kappa shape index (κ2) is 11.3. The first kappa shape index (κ1) is 28.2. The predicted octanol–water partition coefficient (Wildman–Crippen LogP) is -0.0815. The fraction of sp³-hybridized carbons (Fsp3) is 0.269. The Morgan fingerprint density at radius 3 is 1.79 bits per heavy atom. The number of carbonyl (C=O) groups is 3. The molecule has 9 N–H and O–H groups in total. The normalized spacial score (nSPS) is 23.4. The molecule has 0 aromatic heterocycles. The molecular formula is C26H29N3O9. The first-order chi connectivity index (χ1) is 17.9. The molecule has 1 fully saturated rings. The van der Waals surface area contributed by atoms with E-state index in [1.165, 1.54) is 55.6 Å². The molecule has 0 spiro atoms. The van der Waals surface area contributed by atoms with Gasteiger partial charge in [-0.25, -0.2) is 0 Å². The Hall–Kier alpha value is -4.39. The molecule has 2 aromatic rings. The Labute approximate surface area is 217 Å². The van der Waals surface area contributed by atoms with E-state index < -0.39 is 59.4 Å². The van der Waals surface area contributed by atoms with Crippen LogP contribution >= 0.6 is 0 Å². The maximum absolute atomic E-state index is 13.3. The number of carbonyl (C=O) groups excluding carboxylic acids is 3. The van der Waals surface area contributed by atoms with Gasteiger partial charge in [-0.2, -0.15) is 0 Å². The van der Waals surface area contributed by atoms with Crippen LogP contribution in [0.15, 0.2) is 48.6 Å². The minimum absolute atomic E-state index is 0.305. The average Bonchev–Trinajstić information content (AvgIpc) is 2.87. The van der Waals surface area contributed by atoms with Gasteiger partial charge in [0.2, 0.25) is 0 Å². The highest BCUT2D eigenvalue weighted by molar-refractivity contribution is 6.08. The maximum atomic E-state index is 13.3. The number of aliphatic hydroxyl groups is 2. The minimum Gasteiger partial charge on any atom is -0.504 e. The van der Waals surface area contributed by atoms with Gasteiger partial charge in [-0.1, -0.05) is 12.1 Å². The molecule has 3 rings (SSSR count). The van der Waals surface area contributed by atoms with E-state index >= 15 is 0 Å². The van der Waals surface area contributed by atoms with Crippen LogP contribution in [0.1, 0.15) is 24.0 Å². The monoisotopic (exact) mass is 527 g/mol. The highest BCUT2D eigenvalue weighted by Gasteiger charge is 2.51. The third-order valence-electron chi connectivity index (χ3n) is 6.25. The van der Waals surface area contributed by atoms with Crippen LogP contribution in [0.4, 0.5) is 0 Å². The van der Waals surface area contributed by atoms with Gasteiger partial charge >= 0.3 is 0 Å². The lowest BCUT2D eigenvalue weighted by molar-refractivity contribution is -0.160. The van der Waals surface area contributed by atoms with Crippen molar-refractivity contribution in [3.8, 4) is 23.0 Å². The van der Waals surface area contributed by atoms with Crippen LogP contribution in [-0.4, -0.2) is 84.1 Å². The zero-order valence-corrected chi connectivity index (χ0v) is 20.4. The van der Waals surface area contributed by atoms with Crippen LogP contribution in [0, 0.1) is 0 Å². The van der Waals surface area contributed by atoms with E-state index in [4.69, 9.17) is 5.73 Å². The molecule has 4 unspecified atom stereocenters. The van der Waals surface area contributed by atoms with E-state index in [-0.39, 0.29) is 17.9 Å². The second-order valence-electron chi connectivity index (χ2n) is 8.95. The Balaban J connectivity index is 1.99. The molecule has 202 valence electrons. The van der Waals surface area contributed by atoms with Crippen molar-refractivity contribution in [2.45, 2.75) is 36.6 Å². The van der Waals surface area contributed by atoms with Crippen molar-refractivity contribution in [3.63, 3.8) is 0 Å². The molecule has 0 saturated heterocycles. The molecule has 2 aromatic carbocycles. The van der Waals surface area contributed by atoms with Gasteiger partial charge in [-0.05, 0) is 47.5 Å². The number of hydrogen-bond donors (Lipinski definition) is 8. The van der Waals surface area contributed by atoms with Crippen molar-refractivity contribution >= 4 is 29.9 Å². The topological polar surface area (TPSA) is 214 Å². The third-order valence-corrected chi connectivity index (χ3v) is 6.25. The number of phenols is 4. The zero-order valence-electron chi connectivity index (χ0n) is 20.4. The fourth-order valence-corrected chi connectivity index (χ4v) is 4.23. The molecule has 1 saturated carbocycles. The SMILES string of the molecule is CNC(=O)C1(O)CC(N)C(O)C(N(C(=O)/C=C/c2ccc(O)c(O)c2)C(=O)/C=C/c2ccc(O)c(O)c2)C1. The number of rotatable bonds is 6. The van der Waals surface area contributed by atoms with Crippen molar-refractivity contribution in [2.24, 2.45) is 5.73 Å². The highest BCUT2D eigenvalue weighted by Crippen LogP contribution is 2.33. The van der Waals surface area contributed by atoms with Gasteiger partial charge in [-0.15, -0.1) is 0 Å². The molecule has 0 bridgehead atoms. The van der Waals surface area contributed by atoms with Crippen LogP contribution in [0.3, 0.4) is 0 Å². The Bertz CT molecular complexity index is 1220. The molecule has 0 aliphatic heterocycles. The summed E-state index contributed by atoms with van der Waals surface area (Å²) in [4.78, 5) is 39.6. The van der Waals surface area contributed by atoms with Crippen molar-refractivity contribution in [1.29, 1.82) is 0 Å². The Morgan fingerprint density at radius 2 is 1.37 bits per heavy atom. The largest absolute Gasteiger partial charge is 0.504 e. The number of imide groups is 1. The number of aromatic hydroxyl groups is 4. The average molecular weight is 528 g/mol. The first-order valence-electron chi connectivity index (χ1n) is 11.5. The first-order valence-corrected chi connectivity index (χ1v) is 11.5. The zero-order chi connectivity index (χ0) is 28.2. The van der Waals surface area contributed by atoms with Crippen molar-refractivity contribution in [2.75, 3.05) is 7.05 Å². The number of benzene rings is 2. The standard InChI is InChI=1S/C26H29N3O9/c1-28-25(37)26(38)12-16(27)24(36)17(13-26)29(22(34)8-4-14-2-6-18(30)20(32)10-14)23(35)9-5-15-3-7-19(31)21(33)11-15/h2-11,16-17,24,30-33,36,38H,12-13,27H2,1H3,(H,28,37)/b8-4+,9-5+. The summed E-state index contributed by atoms with van der Waals surface area (Å²) >= 11 is 0. The Kier molecular flexibility index (Phi) is 8.41. The predicted molar refractivity (Wildman–Crippen MR) is 135 cm³/mol. The van der Waals surface area contributed by atoms with Gasteiger partial charge in [0.25, 0.3) is 17.7 Å². The fourth-order valence-electron chi connectivity index (χ4n) is 4.23. The van der Waals surface area contributed by atoms with Gasteiger partial charge in [0.15, 0.2) is 23.0 Å². The van der Waals surface area contributed by atoms with E-state index in [1.54, 1.807) is 0 Å². The van der Waals surface area contributed by atoms with Crippen molar-refractivity contribution < 1.29 is 45.0 Å². The number of aliphatic hydroxyl groups excluding tert-OH is 1. The van der Waals surface area contributed by atoms with Gasteiger partial charge in [0.05, 0.1) is 12.1 Å². The quantitative estimate of drug-likeness (QED) is 0.185. The summed E-state index contributed by atoms with van der Waals surface area (Å²) in [5, 5.41) is 62.4. The van der Waals surface area contributed by atoms with Gasteiger partial charge < -0.3 is 41.7 Å². The third kappa shape index (κ3) is 6.11. The van der Waals surface area contributed by atoms with Crippen LogP contribution in [0.2, 0.25) is 0 Å². The molecule has 12 nitrogen and oxygen atoms in total. The molecule has 0 radical (unpaired) electrons. The summed E-state index contributed by atoms with van der Waals surface area (Å²) in [6, 6.07) is 5.00. The van der Waals surface area contributed by atoms with Crippen LogP contribution in [0.5, 0.6) is 23.0 Å². The van der Waals surface area contributed by atoms with Crippen molar-refractivity contribution in [1.82, 2.24) is 10.2 Å². The second-order valence-corrected chi connectivity index (χ2v) is 8.95. The number of nitrogens with one attached hydrogen (secondary N) is 1. The molecule has 3 amide bonds. The van der Waals surface area contributed by atoms with Crippen LogP contribution in [-0.2, 0) is 14.4 Å². The van der Waals surface area contributed by atoms with Crippen LogP contribution in [0.25, 0.3) is 12.2 Å². The molecule has 38 heavy (non-hydrogen) atoms. The van der Waals surface area contributed by atoms with E-state index in [0.717, 1.165) is 12.2 Å². The van der Waals surface area contributed by atoms with E-state index in [2.05, 4.69) is 5.32 Å². The van der Waals surface area contributed by atoms with E-state index in [9.17, 15) is 45.0 Å². The minimum atomic E-state index is -2.07. The van der Waals surface area contributed by atoms with E-state index in [0.29, 0.717) is 16.0 Å². The molecule has 1 aliphatic carbocycles. The van der Waals surface area contributed by atoms with E-state index in [1.807, 2.05) is 0 Å². The number of hydrogen-bond acceptors (Lipinski definition) is 10. The molecule has 4 atom stereocenters. The number of phenolic OH excluding ortho intramolecular Hbond substituents is 4. The molecule has 1 aliphatic rings. The summed E-state index contributed by atoms with van der Waals surface area (Å²) in [6.45, 7) is 0. The van der Waals surface area contributed by atoms with Gasteiger partial charge in [-0.3, -0.25) is 19.3 Å². The summed E-state index contributed by atoms with van der Waals surface area (Å²) in [5.41, 5.74) is 4.52. The number of likely N-dealkylation sites (N-methyl/N-ethyl adjacent to an activating group) is 1. The smallest absolute Gasteiger partial charge is 0.253 e. The summed E-state index contributed by atoms with van der Waals surface area (Å²) in [6.07, 6.45) is 2.18. The van der Waals surface area contributed by atoms with Crippen LogP contribution < -0.4 is 11.1 Å². The number of nitrogens with zero attached hydrogens (tertiary/aromatic N) is 1. The number of nitrogens with two attached hydrogens (primary N) is 1. The summed E-state index contributed by atoms with van der Waals surface area (Å²) in [7, 11) is 1.30. The lowest BCUT2D eigenvalue weighted by atomic mass is 9.76. The highest BCUT2D eigenvalue weighted by atomic mass is 16.3. The summed E-state index contributed by atoms with van der Waals surface area (Å²) < 4.78 is 0. The lowest BCUT2D eigenvalue weighted by Gasteiger charge is -2.44. The molecule has 0 heterocycles. The number of amides is 3. The van der Waals surface area contributed by atoms with Crippen molar-refractivity contribution in [3.05, 3.63) is 59.7 Å². The Morgan fingerprint density at radius 1 is 0.895 bits per heavy atom.